The lowest BCUT2D eigenvalue weighted by Gasteiger charge is -2.30. The zero-order valence-electron chi connectivity index (χ0n) is 11.3. The number of carbonyl (C=O) groups excluding carboxylic acids is 1. The minimum Gasteiger partial charge on any atom is -0.398 e. The number of hydrogen-bond donors (Lipinski definition) is 1. The Hall–Kier alpha value is -1.27. The minimum atomic E-state index is 0.0231. The average molecular weight is 413 g/mol. The summed E-state index contributed by atoms with van der Waals surface area (Å²) in [5.41, 5.74) is 9.77. The number of nitrogen functional groups attached to an aromatic ring is 1. The first kappa shape index (κ1) is 14.7. The lowest BCUT2D eigenvalue weighted by molar-refractivity contribution is 0.0734. The molecule has 2 N–H and O–H groups in total. The van der Waals surface area contributed by atoms with Crippen LogP contribution in [-0.4, -0.2) is 17.4 Å². The summed E-state index contributed by atoms with van der Waals surface area (Å²) >= 11 is 8.18. The molecule has 108 valence electrons. The Kier molecular flexibility index (Phi) is 4.08. The number of benzene rings is 2. The van der Waals surface area contributed by atoms with Crippen LogP contribution in [0.3, 0.4) is 0 Å². The molecule has 0 radical (unpaired) electrons. The van der Waals surface area contributed by atoms with E-state index in [0.717, 1.165) is 21.2 Å². The monoisotopic (exact) mass is 412 g/mol. The molecule has 3 rings (SSSR count). The molecule has 0 aromatic heterocycles. The molecule has 0 saturated heterocycles. The van der Waals surface area contributed by atoms with Crippen LogP contribution < -0.4 is 5.73 Å². The summed E-state index contributed by atoms with van der Waals surface area (Å²) in [7, 11) is 0. The molecule has 0 unspecified atom stereocenters. The third-order valence-electron chi connectivity index (χ3n) is 3.75. The van der Waals surface area contributed by atoms with Crippen molar-refractivity contribution in [1.82, 2.24) is 4.90 Å². The van der Waals surface area contributed by atoms with Gasteiger partial charge in [-0.15, -0.1) is 0 Å². The predicted octanol–water partition coefficient (Wildman–Crippen LogP) is 3.73. The highest BCUT2D eigenvalue weighted by Crippen LogP contribution is 2.26. The Morgan fingerprint density at radius 2 is 2.10 bits per heavy atom. The van der Waals surface area contributed by atoms with Gasteiger partial charge >= 0.3 is 0 Å². The van der Waals surface area contributed by atoms with Crippen LogP contribution in [0.2, 0.25) is 5.02 Å². The SMILES string of the molecule is Nc1cccc2c1CCN(C(=O)c1cc(Cl)ccc1I)C2. The first-order valence-corrected chi connectivity index (χ1v) is 8.12. The van der Waals surface area contributed by atoms with Crippen molar-refractivity contribution in [2.24, 2.45) is 0 Å². The number of halogens is 2. The fraction of sp³-hybridized carbons (Fsp3) is 0.188. The molecule has 1 aliphatic rings. The van der Waals surface area contributed by atoms with Gasteiger partial charge in [-0.05, 0) is 64.4 Å². The van der Waals surface area contributed by atoms with Gasteiger partial charge < -0.3 is 10.6 Å². The molecule has 5 heteroatoms. The molecule has 1 amide bonds. The fourth-order valence-corrected chi connectivity index (χ4v) is 3.38. The van der Waals surface area contributed by atoms with Crippen LogP contribution in [0, 0.1) is 3.57 Å². The number of anilines is 1. The molecule has 0 saturated carbocycles. The maximum atomic E-state index is 12.7. The number of nitrogens with two attached hydrogens (primary N) is 1. The van der Waals surface area contributed by atoms with Crippen molar-refractivity contribution in [3.05, 3.63) is 61.7 Å². The van der Waals surface area contributed by atoms with Crippen LogP contribution in [0.5, 0.6) is 0 Å². The number of rotatable bonds is 1. The summed E-state index contributed by atoms with van der Waals surface area (Å²) < 4.78 is 0.917. The van der Waals surface area contributed by atoms with Gasteiger partial charge in [0, 0.05) is 27.4 Å². The van der Waals surface area contributed by atoms with E-state index in [1.54, 1.807) is 12.1 Å². The summed E-state index contributed by atoms with van der Waals surface area (Å²) in [6.07, 6.45) is 0.797. The molecule has 0 atom stereocenters. The minimum absolute atomic E-state index is 0.0231. The van der Waals surface area contributed by atoms with E-state index in [9.17, 15) is 4.79 Å². The summed E-state index contributed by atoms with van der Waals surface area (Å²) in [6, 6.07) is 11.3. The standard InChI is InChI=1S/C16H14ClIN2O/c17-11-4-5-14(18)13(8-11)16(21)20-7-6-12-10(9-20)2-1-3-15(12)19/h1-5,8H,6-7,9,19H2. The molecule has 21 heavy (non-hydrogen) atoms. The van der Waals surface area contributed by atoms with Gasteiger partial charge in [-0.1, -0.05) is 23.7 Å². The van der Waals surface area contributed by atoms with Crippen molar-refractivity contribution >= 4 is 45.8 Å². The van der Waals surface area contributed by atoms with Crippen LogP contribution in [0.4, 0.5) is 5.69 Å². The van der Waals surface area contributed by atoms with Crippen LogP contribution in [0.1, 0.15) is 21.5 Å². The molecule has 2 aromatic rings. The van der Waals surface area contributed by atoms with Crippen molar-refractivity contribution in [2.45, 2.75) is 13.0 Å². The van der Waals surface area contributed by atoms with Gasteiger partial charge in [0.2, 0.25) is 0 Å². The second-order valence-electron chi connectivity index (χ2n) is 5.09. The Labute approximate surface area is 142 Å². The summed E-state index contributed by atoms with van der Waals surface area (Å²) in [5.74, 6) is 0.0231. The zero-order valence-corrected chi connectivity index (χ0v) is 14.2. The van der Waals surface area contributed by atoms with E-state index in [2.05, 4.69) is 22.6 Å². The molecule has 3 nitrogen and oxygen atoms in total. The third-order valence-corrected chi connectivity index (χ3v) is 4.92. The van der Waals surface area contributed by atoms with Crippen LogP contribution in [0.15, 0.2) is 36.4 Å². The van der Waals surface area contributed by atoms with Gasteiger partial charge in [0.1, 0.15) is 0 Å². The van der Waals surface area contributed by atoms with Gasteiger partial charge in [0.25, 0.3) is 5.91 Å². The molecular weight excluding hydrogens is 399 g/mol. The Bertz CT molecular complexity index is 717. The fourth-order valence-electron chi connectivity index (χ4n) is 2.64. The maximum Gasteiger partial charge on any atom is 0.255 e. The highest BCUT2D eigenvalue weighted by atomic mass is 127. The van der Waals surface area contributed by atoms with Crippen LogP contribution in [-0.2, 0) is 13.0 Å². The quantitative estimate of drug-likeness (QED) is 0.573. The van der Waals surface area contributed by atoms with Crippen LogP contribution >= 0.6 is 34.2 Å². The molecule has 0 spiro atoms. The first-order chi connectivity index (χ1) is 10.1. The van der Waals surface area contributed by atoms with Gasteiger partial charge in [0.05, 0.1) is 5.56 Å². The van der Waals surface area contributed by atoms with Gasteiger partial charge in [-0.2, -0.15) is 0 Å². The van der Waals surface area contributed by atoms with E-state index in [1.165, 1.54) is 5.56 Å². The van der Waals surface area contributed by atoms with E-state index >= 15 is 0 Å². The molecule has 0 bridgehead atoms. The van der Waals surface area contributed by atoms with E-state index in [4.69, 9.17) is 17.3 Å². The second kappa shape index (κ2) is 5.85. The molecule has 0 aliphatic carbocycles. The van der Waals surface area contributed by atoms with Crippen molar-refractivity contribution in [2.75, 3.05) is 12.3 Å². The Balaban J connectivity index is 1.89. The topological polar surface area (TPSA) is 46.3 Å². The number of carbonyl (C=O) groups is 1. The van der Waals surface area contributed by atoms with E-state index in [1.807, 2.05) is 29.2 Å². The lowest BCUT2D eigenvalue weighted by atomic mass is 9.97. The average Bonchev–Trinajstić information content (AvgIpc) is 2.49. The molecular formula is C16H14ClIN2O. The maximum absolute atomic E-state index is 12.7. The second-order valence-corrected chi connectivity index (χ2v) is 6.68. The highest BCUT2D eigenvalue weighted by Gasteiger charge is 2.24. The normalized spacial score (nSPS) is 13.9. The largest absolute Gasteiger partial charge is 0.398 e. The van der Waals surface area contributed by atoms with E-state index in [-0.39, 0.29) is 5.91 Å². The summed E-state index contributed by atoms with van der Waals surface area (Å²) in [4.78, 5) is 14.6. The molecule has 1 aliphatic heterocycles. The van der Waals surface area contributed by atoms with Gasteiger partial charge in [-0.3, -0.25) is 4.79 Å². The number of amides is 1. The van der Waals surface area contributed by atoms with Gasteiger partial charge in [-0.25, -0.2) is 0 Å². The predicted molar refractivity (Wildman–Crippen MR) is 93.5 cm³/mol. The molecule has 2 aromatic carbocycles. The Morgan fingerprint density at radius 1 is 1.29 bits per heavy atom. The first-order valence-electron chi connectivity index (χ1n) is 6.67. The molecule has 1 heterocycles. The molecule has 0 fully saturated rings. The van der Waals surface area contributed by atoms with Gasteiger partial charge in [0.15, 0.2) is 0 Å². The van der Waals surface area contributed by atoms with Crippen molar-refractivity contribution in [3.8, 4) is 0 Å². The van der Waals surface area contributed by atoms with Crippen molar-refractivity contribution < 1.29 is 4.79 Å². The van der Waals surface area contributed by atoms with Crippen molar-refractivity contribution in [1.29, 1.82) is 0 Å². The summed E-state index contributed by atoms with van der Waals surface area (Å²) in [5, 5.41) is 0.584. The summed E-state index contributed by atoms with van der Waals surface area (Å²) in [6.45, 7) is 1.28. The lowest BCUT2D eigenvalue weighted by Crippen LogP contribution is -2.36. The number of fused-ring (bicyclic) bond motifs is 1. The number of hydrogen-bond acceptors (Lipinski definition) is 2. The highest BCUT2D eigenvalue weighted by molar-refractivity contribution is 14.1. The zero-order chi connectivity index (χ0) is 15.0. The van der Waals surface area contributed by atoms with Crippen molar-refractivity contribution in [3.63, 3.8) is 0 Å². The Morgan fingerprint density at radius 3 is 2.90 bits per heavy atom. The van der Waals surface area contributed by atoms with E-state index in [0.29, 0.717) is 23.7 Å². The number of nitrogens with zero attached hydrogens (tertiary/aromatic N) is 1. The van der Waals surface area contributed by atoms with Crippen LogP contribution in [0.25, 0.3) is 0 Å². The smallest absolute Gasteiger partial charge is 0.255 e. The van der Waals surface area contributed by atoms with E-state index < -0.39 is 0 Å². The third kappa shape index (κ3) is 2.87.